The van der Waals surface area contributed by atoms with E-state index in [1.807, 2.05) is 6.92 Å². The second-order valence-electron chi connectivity index (χ2n) is 9.22. The SMILES string of the molecule is COC(=O)c1ccc(NC(=O)COC(=O)c2ccc(N3C(=O)[C@@H]4[C@H](C3=O)[C@H]3C=C(C)[C@H]4C3)cc2)cc1. The number of nitrogens with one attached hydrogen (secondary N) is 1. The molecule has 0 spiro atoms. The Hall–Kier alpha value is -4.27. The fraction of sp³-hybridized carbons (Fsp3) is 0.296. The summed E-state index contributed by atoms with van der Waals surface area (Å²) in [4.78, 5) is 63.3. The van der Waals surface area contributed by atoms with E-state index < -0.39 is 24.5 Å². The summed E-state index contributed by atoms with van der Waals surface area (Å²) in [6, 6.07) is 12.1. The number of nitrogens with zero attached hydrogens (tertiary/aromatic N) is 1. The van der Waals surface area contributed by atoms with Crippen molar-refractivity contribution in [3.63, 3.8) is 0 Å². The molecule has 1 saturated heterocycles. The molecule has 1 N–H and O–H groups in total. The molecule has 36 heavy (non-hydrogen) atoms. The van der Waals surface area contributed by atoms with Gasteiger partial charge in [0.25, 0.3) is 5.91 Å². The predicted molar refractivity (Wildman–Crippen MR) is 128 cm³/mol. The lowest BCUT2D eigenvalue weighted by atomic mass is 9.82. The molecule has 2 bridgehead atoms. The summed E-state index contributed by atoms with van der Waals surface area (Å²) in [5.74, 6) is -2.48. The maximum atomic E-state index is 13.1. The fourth-order valence-electron chi connectivity index (χ4n) is 5.49. The van der Waals surface area contributed by atoms with Crippen molar-refractivity contribution in [3.8, 4) is 0 Å². The number of hydrogen-bond acceptors (Lipinski definition) is 7. The molecule has 4 atom stereocenters. The van der Waals surface area contributed by atoms with Gasteiger partial charge in [-0.25, -0.2) is 9.59 Å². The van der Waals surface area contributed by atoms with Crippen molar-refractivity contribution in [1.82, 2.24) is 0 Å². The quantitative estimate of drug-likeness (QED) is 0.377. The maximum Gasteiger partial charge on any atom is 0.338 e. The Morgan fingerprint density at radius 2 is 1.53 bits per heavy atom. The Kier molecular flexibility index (Phi) is 5.91. The van der Waals surface area contributed by atoms with Gasteiger partial charge in [-0.05, 0) is 73.7 Å². The van der Waals surface area contributed by atoms with E-state index in [-0.39, 0.29) is 41.0 Å². The average Bonchev–Trinajstić information content (AvgIpc) is 3.52. The van der Waals surface area contributed by atoms with Crippen LogP contribution in [0.3, 0.4) is 0 Å². The van der Waals surface area contributed by atoms with Crippen molar-refractivity contribution < 1.29 is 33.4 Å². The summed E-state index contributed by atoms with van der Waals surface area (Å²) >= 11 is 0. The number of amides is 3. The van der Waals surface area contributed by atoms with Crippen LogP contribution in [0, 0.1) is 23.7 Å². The third-order valence-corrected chi connectivity index (χ3v) is 7.17. The molecule has 3 aliphatic rings. The lowest BCUT2D eigenvalue weighted by molar-refractivity contribution is -0.123. The van der Waals surface area contributed by atoms with Crippen molar-refractivity contribution in [2.75, 3.05) is 23.9 Å². The number of methoxy groups -OCH3 is 1. The Balaban J connectivity index is 1.17. The van der Waals surface area contributed by atoms with Gasteiger partial charge in [0.1, 0.15) is 0 Å². The topological polar surface area (TPSA) is 119 Å². The molecule has 1 aliphatic heterocycles. The van der Waals surface area contributed by atoms with Crippen LogP contribution in [-0.4, -0.2) is 43.4 Å². The average molecular weight is 488 g/mol. The van der Waals surface area contributed by atoms with Crippen LogP contribution in [0.1, 0.15) is 34.1 Å². The number of benzene rings is 2. The monoisotopic (exact) mass is 488 g/mol. The van der Waals surface area contributed by atoms with E-state index in [0.717, 1.165) is 6.42 Å². The number of ether oxygens (including phenoxy) is 2. The minimum Gasteiger partial charge on any atom is -0.465 e. The molecule has 184 valence electrons. The molecule has 9 heteroatoms. The van der Waals surface area contributed by atoms with E-state index in [9.17, 15) is 24.0 Å². The molecule has 0 aromatic heterocycles. The van der Waals surface area contributed by atoms with Gasteiger partial charge in [-0.3, -0.25) is 19.3 Å². The highest BCUT2D eigenvalue weighted by atomic mass is 16.5. The highest BCUT2D eigenvalue weighted by molar-refractivity contribution is 6.23. The molecule has 2 fully saturated rings. The Bertz CT molecular complexity index is 1300. The summed E-state index contributed by atoms with van der Waals surface area (Å²) in [6.07, 6.45) is 2.98. The maximum absolute atomic E-state index is 13.1. The van der Waals surface area contributed by atoms with Crippen molar-refractivity contribution in [1.29, 1.82) is 0 Å². The first kappa shape index (κ1) is 23.5. The first-order valence-electron chi connectivity index (χ1n) is 11.6. The van der Waals surface area contributed by atoms with Crippen molar-refractivity contribution >= 4 is 41.0 Å². The number of fused-ring (bicyclic) bond motifs is 5. The van der Waals surface area contributed by atoms with Crippen molar-refractivity contribution in [2.45, 2.75) is 13.3 Å². The van der Waals surface area contributed by atoms with Gasteiger partial charge in [0.15, 0.2) is 6.61 Å². The van der Waals surface area contributed by atoms with E-state index in [2.05, 4.69) is 16.1 Å². The van der Waals surface area contributed by atoms with E-state index in [1.54, 1.807) is 12.1 Å². The van der Waals surface area contributed by atoms with E-state index in [4.69, 9.17) is 4.74 Å². The molecule has 0 radical (unpaired) electrons. The highest BCUT2D eigenvalue weighted by Crippen LogP contribution is 2.55. The summed E-state index contributed by atoms with van der Waals surface area (Å²) < 4.78 is 9.70. The second kappa shape index (κ2) is 9.07. The zero-order valence-corrected chi connectivity index (χ0v) is 19.7. The molecule has 9 nitrogen and oxygen atoms in total. The van der Waals surface area contributed by atoms with Crippen LogP contribution in [0.5, 0.6) is 0 Å². The Morgan fingerprint density at radius 1 is 0.917 bits per heavy atom. The molecule has 0 unspecified atom stereocenters. The summed E-state index contributed by atoms with van der Waals surface area (Å²) in [5.41, 5.74) is 2.55. The molecular formula is C27H24N2O7. The third-order valence-electron chi connectivity index (χ3n) is 7.17. The van der Waals surface area contributed by atoms with Crippen LogP contribution in [0.25, 0.3) is 0 Å². The summed E-state index contributed by atoms with van der Waals surface area (Å²) in [5, 5.41) is 2.57. The molecule has 2 aliphatic carbocycles. The minimum absolute atomic E-state index is 0.118. The lowest BCUT2D eigenvalue weighted by Crippen LogP contribution is -2.33. The zero-order chi connectivity index (χ0) is 25.6. The van der Waals surface area contributed by atoms with Crippen LogP contribution in [-0.2, 0) is 23.9 Å². The van der Waals surface area contributed by atoms with Gasteiger partial charge in [-0.2, -0.15) is 0 Å². The lowest BCUT2D eigenvalue weighted by Gasteiger charge is -2.19. The first-order chi connectivity index (χ1) is 17.3. The molecule has 3 amide bonds. The van der Waals surface area contributed by atoms with Gasteiger partial charge in [-0.1, -0.05) is 11.6 Å². The molecule has 1 saturated carbocycles. The van der Waals surface area contributed by atoms with E-state index in [1.165, 1.54) is 54.0 Å². The van der Waals surface area contributed by atoms with Gasteiger partial charge in [-0.15, -0.1) is 0 Å². The standard InChI is InChI=1S/C27H24N2O7/c1-14-11-17-12-20(14)23-22(17)24(31)29(25(23)32)19-9-5-16(6-10-19)27(34)36-13-21(30)28-18-7-3-15(4-8-18)26(33)35-2/h3-11,17,20,22-23H,12-13H2,1-2H3,(H,28,30)/t17-,20+,22+,23-/m0/s1. The van der Waals surface area contributed by atoms with Gasteiger partial charge in [0.05, 0.1) is 35.8 Å². The zero-order valence-electron chi connectivity index (χ0n) is 19.7. The second-order valence-corrected chi connectivity index (χ2v) is 9.22. The predicted octanol–water partition coefficient (Wildman–Crippen LogP) is 2.97. The Labute approximate surface area is 207 Å². The number of carbonyl (C=O) groups excluding carboxylic acids is 5. The molecule has 1 heterocycles. The number of hydrogen-bond donors (Lipinski definition) is 1. The molecule has 5 rings (SSSR count). The fourth-order valence-corrected chi connectivity index (χ4v) is 5.49. The number of allylic oxidation sites excluding steroid dienone is 2. The third kappa shape index (κ3) is 3.96. The largest absolute Gasteiger partial charge is 0.465 e. The van der Waals surface area contributed by atoms with E-state index in [0.29, 0.717) is 16.9 Å². The van der Waals surface area contributed by atoms with Crippen LogP contribution in [0.2, 0.25) is 0 Å². The summed E-state index contributed by atoms with van der Waals surface area (Å²) in [6.45, 7) is 1.50. The van der Waals surface area contributed by atoms with Crippen LogP contribution in [0.15, 0.2) is 60.2 Å². The van der Waals surface area contributed by atoms with Crippen LogP contribution in [0.4, 0.5) is 11.4 Å². The van der Waals surface area contributed by atoms with E-state index >= 15 is 0 Å². The smallest absolute Gasteiger partial charge is 0.338 e. The number of esters is 2. The molecular weight excluding hydrogens is 464 g/mol. The minimum atomic E-state index is -0.716. The number of rotatable bonds is 6. The molecule has 2 aromatic carbocycles. The van der Waals surface area contributed by atoms with Crippen molar-refractivity contribution in [3.05, 3.63) is 71.3 Å². The van der Waals surface area contributed by atoms with Gasteiger partial charge in [0.2, 0.25) is 11.8 Å². The highest BCUT2D eigenvalue weighted by Gasteiger charge is 2.60. The van der Waals surface area contributed by atoms with Gasteiger partial charge < -0.3 is 14.8 Å². The van der Waals surface area contributed by atoms with Crippen molar-refractivity contribution in [2.24, 2.45) is 23.7 Å². The number of imide groups is 1. The van der Waals surface area contributed by atoms with Crippen LogP contribution < -0.4 is 10.2 Å². The normalized spacial score (nSPS) is 23.8. The van der Waals surface area contributed by atoms with Gasteiger partial charge >= 0.3 is 11.9 Å². The number of carbonyl (C=O) groups is 5. The van der Waals surface area contributed by atoms with Gasteiger partial charge in [0, 0.05) is 5.69 Å². The molecule has 2 aromatic rings. The van der Waals surface area contributed by atoms with Crippen LogP contribution >= 0.6 is 0 Å². The summed E-state index contributed by atoms with van der Waals surface area (Å²) in [7, 11) is 1.28. The first-order valence-corrected chi connectivity index (χ1v) is 11.6. The Morgan fingerprint density at radius 3 is 2.19 bits per heavy atom. The number of anilines is 2.